The minimum Gasteiger partial charge on any atom is -0.480 e. The van der Waals surface area contributed by atoms with Crippen molar-refractivity contribution in [3.8, 4) is 0 Å². The number of aliphatic carboxylic acids is 1. The molecule has 0 saturated heterocycles. The number of halogens is 1. The summed E-state index contributed by atoms with van der Waals surface area (Å²) >= 11 is 0. The topological polar surface area (TPSA) is 63.3 Å². The molecule has 1 atom stereocenters. The van der Waals surface area contributed by atoms with Crippen LogP contribution >= 0.6 is 12.4 Å². The Kier molecular flexibility index (Phi) is 2.94. The number of carbonyl (C=O) groups is 1. The summed E-state index contributed by atoms with van der Waals surface area (Å²) < 4.78 is 0. The van der Waals surface area contributed by atoms with E-state index >= 15 is 0 Å². The van der Waals surface area contributed by atoms with E-state index in [0.29, 0.717) is 0 Å². The smallest absolute Gasteiger partial charge is 0.320 e. The molecular formula is C5H10ClNO2. The van der Waals surface area contributed by atoms with Gasteiger partial charge < -0.3 is 10.8 Å². The minimum atomic E-state index is -0.868. The van der Waals surface area contributed by atoms with Gasteiger partial charge in [-0.15, -0.1) is 12.4 Å². The molecule has 0 aromatic rings. The van der Waals surface area contributed by atoms with Gasteiger partial charge >= 0.3 is 5.97 Å². The maximum absolute atomic E-state index is 10.1. The number of hydrogen-bond acceptors (Lipinski definition) is 2. The Hall–Kier alpha value is -0.280. The average Bonchev–Trinajstić information content (AvgIpc) is 2.43. The van der Waals surface area contributed by atoms with Gasteiger partial charge in [0.15, 0.2) is 0 Å². The Labute approximate surface area is 59.6 Å². The molecule has 1 fully saturated rings. The number of hydrogen-bond donors (Lipinski definition) is 2. The van der Waals surface area contributed by atoms with Crippen LogP contribution in [0, 0.1) is 5.92 Å². The summed E-state index contributed by atoms with van der Waals surface area (Å²) in [5.74, 6) is -0.597. The van der Waals surface area contributed by atoms with Gasteiger partial charge in [0.1, 0.15) is 6.04 Å². The van der Waals surface area contributed by atoms with Crippen molar-refractivity contribution in [2.75, 3.05) is 0 Å². The highest BCUT2D eigenvalue weighted by Crippen LogP contribution is 2.31. The third kappa shape index (κ3) is 2.20. The highest BCUT2D eigenvalue weighted by Gasteiger charge is 2.32. The van der Waals surface area contributed by atoms with Crippen LogP contribution in [0.25, 0.3) is 0 Å². The van der Waals surface area contributed by atoms with E-state index in [1.807, 2.05) is 0 Å². The van der Waals surface area contributed by atoms with Gasteiger partial charge in [0.2, 0.25) is 0 Å². The fraction of sp³-hybridized carbons (Fsp3) is 0.800. The molecule has 0 unspecified atom stereocenters. The first-order valence-corrected chi connectivity index (χ1v) is 2.70. The fourth-order valence-electron chi connectivity index (χ4n) is 0.657. The monoisotopic (exact) mass is 151 g/mol. The Bertz CT molecular complexity index is 114. The van der Waals surface area contributed by atoms with E-state index in [9.17, 15) is 4.79 Å². The van der Waals surface area contributed by atoms with E-state index in [0.717, 1.165) is 12.8 Å². The predicted octanol–water partition coefficient (Wildman–Crippen LogP) is 0.230. The van der Waals surface area contributed by atoms with Crippen LogP contribution in [-0.2, 0) is 4.79 Å². The fourth-order valence-corrected chi connectivity index (χ4v) is 0.657. The van der Waals surface area contributed by atoms with E-state index in [-0.39, 0.29) is 18.3 Å². The molecule has 1 rings (SSSR count). The van der Waals surface area contributed by atoms with Gasteiger partial charge in [0.25, 0.3) is 0 Å². The molecule has 0 heterocycles. The Morgan fingerprint density at radius 1 is 1.67 bits per heavy atom. The lowest BCUT2D eigenvalue weighted by molar-refractivity contribution is -0.139. The van der Waals surface area contributed by atoms with Gasteiger partial charge in [-0.05, 0) is 18.8 Å². The highest BCUT2D eigenvalue weighted by molar-refractivity contribution is 5.85. The lowest BCUT2D eigenvalue weighted by atomic mass is 10.2. The molecule has 9 heavy (non-hydrogen) atoms. The summed E-state index contributed by atoms with van der Waals surface area (Å²) in [4.78, 5) is 10.1. The minimum absolute atomic E-state index is 0. The largest absolute Gasteiger partial charge is 0.480 e. The number of nitrogens with two attached hydrogens (primary N) is 1. The second-order valence-corrected chi connectivity index (χ2v) is 2.20. The van der Waals surface area contributed by atoms with Crippen LogP contribution in [-0.4, -0.2) is 17.1 Å². The number of rotatable bonds is 2. The van der Waals surface area contributed by atoms with Crippen molar-refractivity contribution in [3.63, 3.8) is 0 Å². The van der Waals surface area contributed by atoms with Crippen LogP contribution in [0.5, 0.6) is 0 Å². The molecule has 3 N–H and O–H groups in total. The van der Waals surface area contributed by atoms with Crippen molar-refractivity contribution in [2.45, 2.75) is 18.9 Å². The van der Waals surface area contributed by atoms with Crippen molar-refractivity contribution in [1.82, 2.24) is 0 Å². The van der Waals surface area contributed by atoms with Crippen molar-refractivity contribution >= 4 is 18.4 Å². The first kappa shape index (κ1) is 8.72. The Balaban J connectivity index is 0.000000640. The van der Waals surface area contributed by atoms with E-state index in [1.165, 1.54) is 0 Å². The second kappa shape index (κ2) is 3.03. The highest BCUT2D eigenvalue weighted by atomic mass is 35.5. The van der Waals surface area contributed by atoms with Crippen LogP contribution in [0.15, 0.2) is 0 Å². The molecule has 3 nitrogen and oxygen atoms in total. The third-order valence-corrected chi connectivity index (χ3v) is 1.42. The Morgan fingerprint density at radius 2 is 2.11 bits per heavy atom. The van der Waals surface area contributed by atoms with Crippen LogP contribution in [0.4, 0.5) is 0 Å². The van der Waals surface area contributed by atoms with Crippen LogP contribution in [0.3, 0.4) is 0 Å². The van der Waals surface area contributed by atoms with Crippen molar-refractivity contribution in [3.05, 3.63) is 0 Å². The van der Waals surface area contributed by atoms with E-state index in [2.05, 4.69) is 0 Å². The van der Waals surface area contributed by atoms with Gasteiger partial charge in [0.05, 0.1) is 0 Å². The third-order valence-electron chi connectivity index (χ3n) is 1.42. The first-order chi connectivity index (χ1) is 3.72. The van der Waals surface area contributed by atoms with E-state index in [1.54, 1.807) is 0 Å². The summed E-state index contributed by atoms with van der Waals surface area (Å²) in [6.07, 6.45) is 1.99. The quantitative estimate of drug-likeness (QED) is 0.594. The molecule has 0 spiro atoms. The zero-order valence-corrected chi connectivity index (χ0v) is 5.73. The first-order valence-electron chi connectivity index (χ1n) is 2.70. The zero-order valence-electron chi connectivity index (χ0n) is 4.91. The zero-order chi connectivity index (χ0) is 6.15. The normalized spacial score (nSPS) is 20.1. The summed E-state index contributed by atoms with van der Waals surface area (Å²) in [5, 5.41) is 8.27. The molecule has 0 aliphatic heterocycles. The van der Waals surface area contributed by atoms with Gasteiger partial charge in [-0.3, -0.25) is 4.79 Å². The SMILES string of the molecule is Cl.N[C@@H](C(=O)O)C1CC1. The van der Waals surface area contributed by atoms with Gasteiger partial charge in [-0.2, -0.15) is 0 Å². The van der Waals surface area contributed by atoms with E-state index in [4.69, 9.17) is 10.8 Å². The second-order valence-electron chi connectivity index (χ2n) is 2.20. The molecule has 0 aromatic heterocycles. The molecule has 0 radical (unpaired) electrons. The lowest BCUT2D eigenvalue weighted by Gasteiger charge is -1.99. The van der Waals surface area contributed by atoms with Gasteiger partial charge in [-0.1, -0.05) is 0 Å². The lowest BCUT2D eigenvalue weighted by Crippen LogP contribution is -2.31. The molecule has 1 aliphatic carbocycles. The van der Waals surface area contributed by atoms with Gasteiger partial charge in [-0.25, -0.2) is 0 Å². The standard InChI is InChI=1S/C5H9NO2.ClH/c6-4(5(7)8)3-1-2-3;/h3-4H,1-2,6H2,(H,7,8);1H/t4-;/m1./s1. The molecule has 0 aromatic carbocycles. The summed E-state index contributed by atoms with van der Waals surface area (Å²) in [6.45, 7) is 0. The molecule has 0 bridgehead atoms. The van der Waals surface area contributed by atoms with Crippen LogP contribution < -0.4 is 5.73 Å². The van der Waals surface area contributed by atoms with Crippen LogP contribution in [0.2, 0.25) is 0 Å². The molecule has 4 heteroatoms. The maximum atomic E-state index is 10.1. The molecule has 0 amide bonds. The number of carboxylic acids is 1. The van der Waals surface area contributed by atoms with Gasteiger partial charge in [0, 0.05) is 0 Å². The number of carboxylic acid groups (broad SMARTS) is 1. The molecule has 1 aliphatic rings. The van der Waals surface area contributed by atoms with Crippen LogP contribution in [0.1, 0.15) is 12.8 Å². The molecular weight excluding hydrogens is 142 g/mol. The average molecular weight is 152 g/mol. The molecule has 54 valence electrons. The van der Waals surface area contributed by atoms with E-state index < -0.39 is 12.0 Å². The van der Waals surface area contributed by atoms with Crippen molar-refractivity contribution < 1.29 is 9.90 Å². The summed E-state index contributed by atoms with van der Waals surface area (Å²) in [6, 6.07) is -0.602. The summed E-state index contributed by atoms with van der Waals surface area (Å²) in [7, 11) is 0. The predicted molar refractivity (Wildman–Crippen MR) is 35.6 cm³/mol. The summed E-state index contributed by atoms with van der Waals surface area (Å²) in [5.41, 5.74) is 5.22. The van der Waals surface area contributed by atoms with Crippen molar-refractivity contribution in [2.24, 2.45) is 11.7 Å². The Morgan fingerprint density at radius 3 is 2.22 bits per heavy atom. The maximum Gasteiger partial charge on any atom is 0.320 e. The van der Waals surface area contributed by atoms with Crippen molar-refractivity contribution in [1.29, 1.82) is 0 Å². The molecule has 1 saturated carbocycles.